The largest absolute Gasteiger partial charge is 0.456 e. The Labute approximate surface area is 287 Å². The maximum absolute atomic E-state index is 6.43. The third-order valence-electron chi connectivity index (χ3n) is 9.34. The topological polar surface area (TPSA) is 65.0 Å². The molecular formula is C45H27N3O2. The molecule has 0 aliphatic heterocycles. The predicted molar refractivity (Wildman–Crippen MR) is 202 cm³/mol. The molecule has 5 heteroatoms. The molecule has 0 aliphatic carbocycles. The van der Waals surface area contributed by atoms with Gasteiger partial charge in [-0.1, -0.05) is 121 Å². The van der Waals surface area contributed by atoms with Gasteiger partial charge in [-0.3, -0.25) is 0 Å². The van der Waals surface area contributed by atoms with E-state index >= 15 is 0 Å². The van der Waals surface area contributed by atoms with Crippen LogP contribution in [0.4, 0.5) is 0 Å². The Balaban J connectivity index is 1.15. The zero-order valence-electron chi connectivity index (χ0n) is 26.7. The Morgan fingerprint density at radius 3 is 1.56 bits per heavy atom. The molecule has 0 atom stereocenters. The van der Waals surface area contributed by atoms with Crippen molar-refractivity contribution in [3.05, 3.63) is 164 Å². The van der Waals surface area contributed by atoms with Gasteiger partial charge < -0.3 is 8.83 Å². The van der Waals surface area contributed by atoms with E-state index in [1.807, 2.05) is 60.7 Å². The van der Waals surface area contributed by atoms with Gasteiger partial charge in [0.2, 0.25) is 0 Å². The summed E-state index contributed by atoms with van der Waals surface area (Å²) in [4.78, 5) is 15.3. The van der Waals surface area contributed by atoms with Gasteiger partial charge in [-0.15, -0.1) is 0 Å². The quantitative estimate of drug-likeness (QED) is 0.187. The minimum absolute atomic E-state index is 0.538. The van der Waals surface area contributed by atoms with E-state index in [1.165, 1.54) is 5.56 Å². The number of furan rings is 2. The summed E-state index contributed by atoms with van der Waals surface area (Å²) in [6.45, 7) is 0. The van der Waals surface area contributed by atoms with Crippen molar-refractivity contribution in [3.63, 3.8) is 0 Å². The lowest BCUT2D eigenvalue weighted by Crippen LogP contribution is -2.00. The minimum atomic E-state index is 0.538. The molecule has 0 spiro atoms. The summed E-state index contributed by atoms with van der Waals surface area (Å²) in [6, 6.07) is 55.9. The van der Waals surface area contributed by atoms with Crippen molar-refractivity contribution in [1.29, 1.82) is 0 Å². The van der Waals surface area contributed by atoms with Crippen molar-refractivity contribution in [3.8, 4) is 56.4 Å². The van der Waals surface area contributed by atoms with Gasteiger partial charge in [-0.2, -0.15) is 0 Å². The highest BCUT2D eigenvalue weighted by molar-refractivity contribution is 6.09. The highest BCUT2D eigenvalue weighted by atomic mass is 16.3. The third kappa shape index (κ3) is 4.75. The van der Waals surface area contributed by atoms with Crippen LogP contribution in [-0.4, -0.2) is 15.0 Å². The predicted octanol–water partition coefficient (Wildman–Crippen LogP) is 12.0. The molecule has 3 aromatic heterocycles. The average Bonchev–Trinajstić information content (AvgIpc) is 3.76. The molecule has 0 radical (unpaired) electrons. The SMILES string of the molecule is c1ccc(-c2cccc(-c3cccc(-c4nc(-c5ccc6c(c5)oc5ccccc56)nc(-c5cccc6c5oc5ccccc56)n4)c3)c2)cc1. The molecule has 0 fully saturated rings. The molecule has 50 heavy (non-hydrogen) atoms. The van der Waals surface area contributed by atoms with Crippen LogP contribution >= 0.6 is 0 Å². The van der Waals surface area contributed by atoms with Crippen molar-refractivity contribution in [2.45, 2.75) is 0 Å². The number of nitrogens with zero attached hydrogens (tertiary/aromatic N) is 3. The molecule has 0 aliphatic rings. The second-order valence-electron chi connectivity index (χ2n) is 12.4. The Morgan fingerprint density at radius 2 is 0.800 bits per heavy atom. The van der Waals surface area contributed by atoms with Crippen LogP contribution in [0.5, 0.6) is 0 Å². The van der Waals surface area contributed by atoms with E-state index in [9.17, 15) is 0 Å². The average molecular weight is 642 g/mol. The number of benzene rings is 7. The van der Waals surface area contributed by atoms with Gasteiger partial charge in [0.05, 0.1) is 5.56 Å². The molecule has 0 N–H and O–H groups in total. The van der Waals surface area contributed by atoms with E-state index in [1.54, 1.807) is 0 Å². The van der Waals surface area contributed by atoms with Crippen LogP contribution in [0.2, 0.25) is 0 Å². The molecule has 0 amide bonds. The molecule has 5 nitrogen and oxygen atoms in total. The van der Waals surface area contributed by atoms with Gasteiger partial charge in [0.1, 0.15) is 22.3 Å². The van der Waals surface area contributed by atoms with Crippen LogP contribution in [0.25, 0.3) is 100 Å². The summed E-state index contributed by atoms with van der Waals surface area (Å²) < 4.78 is 12.7. The van der Waals surface area contributed by atoms with Crippen molar-refractivity contribution >= 4 is 43.9 Å². The van der Waals surface area contributed by atoms with Crippen LogP contribution in [-0.2, 0) is 0 Å². The van der Waals surface area contributed by atoms with Crippen molar-refractivity contribution in [1.82, 2.24) is 15.0 Å². The van der Waals surface area contributed by atoms with Gasteiger partial charge in [0, 0.05) is 32.7 Å². The van der Waals surface area contributed by atoms with Crippen LogP contribution in [0.1, 0.15) is 0 Å². The zero-order valence-corrected chi connectivity index (χ0v) is 26.7. The van der Waals surface area contributed by atoms with E-state index in [2.05, 4.69) is 103 Å². The second kappa shape index (κ2) is 11.4. The fourth-order valence-corrected chi connectivity index (χ4v) is 6.89. The minimum Gasteiger partial charge on any atom is -0.456 e. The maximum Gasteiger partial charge on any atom is 0.167 e. The Kier molecular flexibility index (Phi) is 6.42. The highest BCUT2D eigenvalue weighted by Crippen LogP contribution is 2.37. The number of hydrogen-bond donors (Lipinski definition) is 0. The number of aromatic nitrogens is 3. The molecule has 7 aromatic carbocycles. The highest BCUT2D eigenvalue weighted by Gasteiger charge is 2.19. The molecule has 0 saturated carbocycles. The van der Waals surface area contributed by atoms with Crippen LogP contribution < -0.4 is 0 Å². The van der Waals surface area contributed by atoms with Crippen LogP contribution in [0.3, 0.4) is 0 Å². The molecule has 0 bridgehead atoms. The number of fused-ring (bicyclic) bond motifs is 6. The first kappa shape index (κ1) is 28.2. The summed E-state index contributed by atoms with van der Waals surface area (Å²) in [6.07, 6.45) is 0. The Morgan fingerprint density at radius 1 is 0.300 bits per heavy atom. The van der Waals surface area contributed by atoms with E-state index in [-0.39, 0.29) is 0 Å². The van der Waals surface area contributed by atoms with Gasteiger partial charge in [-0.25, -0.2) is 15.0 Å². The molecular weight excluding hydrogens is 615 g/mol. The Bertz CT molecular complexity index is 2890. The first-order valence-corrected chi connectivity index (χ1v) is 16.6. The summed E-state index contributed by atoms with van der Waals surface area (Å²) in [5.74, 6) is 1.66. The van der Waals surface area contributed by atoms with Crippen molar-refractivity contribution < 1.29 is 8.83 Å². The van der Waals surface area contributed by atoms with Gasteiger partial charge >= 0.3 is 0 Å². The monoisotopic (exact) mass is 641 g/mol. The maximum atomic E-state index is 6.43. The summed E-state index contributed by atoms with van der Waals surface area (Å²) >= 11 is 0. The Hall–Kier alpha value is -6.85. The first-order valence-electron chi connectivity index (χ1n) is 16.6. The van der Waals surface area contributed by atoms with Gasteiger partial charge in [-0.05, 0) is 64.7 Å². The third-order valence-corrected chi connectivity index (χ3v) is 9.34. The molecule has 10 rings (SSSR count). The van der Waals surface area contributed by atoms with Gasteiger partial charge in [0.25, 0.3) is 0 Å². The van der Waals surface area contributed by atoms with Gasteiger partial charge in [0.15, 0.2) is 17.5 Å². The standard InChI is InChI=1S/C45H27N3O2/c1-2-11-28(12-3-1)29-13-8-14-30(25-29)31-15-9-16-32(26-31)43-46-44(33-23-24-36-34-17-4-6-21-39(34)49-41(36)27-33)48-45(47-43)38-20-10-19-37-35-18-5-7-22-40(35)50-42(37)38/h1-27H. The lowest BCUT2D eigenvalue weighted by atomic mass is 9.98. The fraction of sp³-hybridized carbons (Fsp3) is 0. The second-order valence-corrected chi connectivity index (χ2v) is 12.4. The summed E-state index contributed by atoms with van der Waals surface area (Å²) in [7, 11) is 0. The molecule has 234 valence electrons. The van der Waals surface area contributed by atoms with Crippen LogP contribution in [0.15, 0.2) is 173 Å². The lowest BCUT2D eigenvalue weighted by Gasteiger charge is -2.11. The van der Waals surface area contributed by atoms with Crippen molar-refractivity contribution in [2.75, 3.05) is 0 Å². The zero-order chi connectivity index (χ0) is 33.0. The normalized spacial score (nSPS) is 11.6. The number of rotatable bonds is 5. The fourth-order valence-electron chi connectivity index (χ4n) is 6.89. The summed E-state index contributed by atoms with van der Waals surface area (Å²) in [5.41, 5.74) is 10.3. The molecule has 0 unspecified atom stereocenters. The van der Waals surface area contributed by atoms with E-state index < -0.39 is 0 Å². The molecule has 3 heterocycles. The number of para-hydroxylation sites is 3. The van der Waals surface area contributed by atoms with E-state index in [0.29, 0.717) is 17.5 Å². The lowest BCUT2D eigenvalue weighted by molar-refractivity contribution is 0.668. The smallest absolute Gasteiger partial charge is 0.167 e. The van der Waals surface area contributed by atoms with Crippen molar-refractivity contribution in [2.24, 2.45) is 0 Å². The molecule has 10 aromatic rings. The van der Waals surface area contributed by atoms with Crippen LogP contribution in [0, 0.1) is 0 Å². The summed E-state index contributed by atoms with van der Waals surface area (Å²) in [5, 5.41) is 4.21. The molecule has 0 saturated heterocycles. The number of hydrogen-bond acceptors (Lipinski definition) is 5. The van der Waals surface area contributed by atoms with E-state index in [4.69, 9.17) is 23.8 Å². The first-order chi connectivity index (χ1) is 24.7. The van der Waals surface area contributed by atoms with E-state index in [0.717, 1.165) is 77.3 Å².